The lowest BCUT2D eigenvalue weighted by atomic mass is 9.98. The zero-order chi connectivity index (χ0) is 16.8. The van der Waals surface area contributed by atoms with E-state index in [-0.39, 0.29) is 6.03 Å². The fraction of sp³-hybridized carbons (Fsp3) is 0.812. The Morgan fingerprint density at radius 1 is 1.38 bits per heavy atom. The van der Waals surface area contributed by atoms with E-state index in [0.29, 0.717) is 12.5 Å². The number of nitrogens with one attached hydrogen (secondary N) is 1. The maximum absolute atomic E-state index is 12.0. The van der Waals surface area contributed by atoms with Gasteiger partial charge in [0.05, 0.1) is 5.69 Å². The highest BCUT2D eigenvalue weighted by atomic mass is 32.2. The standard InChI is InChI=1S/C16H28N6OS/c1-2-17-16(23)21-5-3-4-14(10-21)11-22-13-15(18-19-22)12-20-6-8-24-9-7-20/h13-14H,2-12H2,1H3,(H,17,23)/t14-/m0/s1. The van der Waals surface area contributed by atoms with Gasteiger partial charge in [0.15, 0.2) is 0 Å². The molecule has 0 spiro atoms. The first-order chi connectivity index (χ1) is 11.7. The predicted octanol–water partition coefficient (Wildman–Crippen LogP) is 1.27. The molecule has 2 fully saturated rings. The van der Waals surface area contributed by atoms with E-state index < -0.39 is 0 Å². The highest BCUT2D eigenvalue weighted by molar-refractivity contribution is 7.99. The number of aromatic nitrogens is 3. The highest BCUT2D eigenvalue weighted by Gasteiger charge is 2.24. The van der Waals surface area contributed by atoms with Crippen LogP contribution in [0.4, 0.5) is 4.79 Å². The molecule has 24 heavy (non-hydrogen) atoms. The number of nitrogens with zero attached hydrogens (tertiary/aromatic N) is 5. The Kier molecular flexibility index (Phi) is 6.37. The maximum atomic E-state index is 12.0. The Morgan fingerprint density at radius 2 is 2.21 bits per heavy atom. The van der Waals surface area contributed by atoms with E-state index in [1.54, 1.807) is 0 Å². The van der Waals surface area contributed by atoms with Crippen molar-refractivity contribution in [3.8, 4) is 0 Å². The molecule has 2 aliphatic rings. The minimum atomic E-state index is 0.0597. The normalized spacial score (nSPS) is 22.5. The molecule has 0 bridgehead atoms. The molecule has 2 amide bonds. The minimum absolute atomic E-state index is 0.0597. The second kappa shape index (κ2) is 8.71. The van der Waals surface area contributed by atoms with Crippen molar-refractivity contribution in [3.05, 3.63) is 11.9 Å². The largest absolute Gasteiger partial charge is 0.338 e. The summed E-state index contributed by atoms with van der Waals surface area (Å²) in [6.07, 6.45) is 4.29. The molecule has 1 N–H and O–H groups in total. The third-order valence-electron chi connectivity index (χ3n) is 4.65. The molecular weight excluding hydrogens is 324 g/mol. The van der Waals surface area contributed by atoms with E-state index in [1.807, 2.05) is 28.3 Å². The Morgan fingerprint density at radius 3 is 3.00 bits per heavy atom. The minimum Gasteiger partial charge on any atom is -0.338 e. The van der Waals surface area contributed by atoms with Gasteiger partial charge in [-0.05, 0) is 25.7 Å². The number of thioether (sulfide) groups is 1. The van der Waals surface area contributed by atoms with E-state index >= 15 is 0 Å². The number of hydrogen-bond acceptors (Lipinski definition) is 5. The summed E-state index contributed by atoms with van der Waals surface area (Å²) < 4.78 is 1.96. The van der Waals surface area contributed by atoms with Crippen molar-refractivity contribution in [2.24, 2.45) is 5.92 Å². The van der Waals surface area contributed by atoms with E-state index in [1.165, 1.54) is 11.5 Å². The summed E-state index contributed by atoms with van der Waals surface area (Å²) in [5.74, 6) is 2.89. The van der Waals surface area contributed by atoms with E-state index in [9.17, 15) is 4.79 Å². The van der Waals surface area contributed by atoms with Crippen LogP contribution in [0.25, 0.3) is 0 Å². The summed E-state index contributed by atoms with van der Waals surface area (Å²) >= 11 is 2.02. The third kappa shape index (κ3) is 4.86. The summed E-state index contributed by atoms with van der Waals surface area (Å²) in [6.45, 7) is 8.33. The highest BCUT2D eigenvalue weighted by Crippen LogP contribution is 2.18. The molecule has 3 heterocycles. The molecule has 1 atom stereocenters. The van der Waals surface area contributed by atoms with Crippen molar-refractivity contribution in [2.75, 3.05) is 44.2 Å². The van der Waals surface area contributed by atoms with Crippen molar-refractivity contribution >= 4 is 17.8 Å². The van der Waals surface area contributed by atoms with Crippen molar-refractivity contribution < 1.29 is 4.79 Å². The number of piperidine rings is 1. The van der Waals surface area contributed by atoms with Gasteiger partial charge in [-0.3, -0.25) is 9.58 Å². The number of hydrogen-bond donors (Lipinski definition) is 1. The molecule has 7 nitrogen and oxygen atoms in total. The molecule has 134 valence electrons. The monoisotopic (exact) mass is 352 g/mol. The molecule has 2 aliphatic heterocycles. The molecule has 2 saturated heterocycles. The molecule has 8 heteroatoms. The van der Waals surface area contributed by atoms with Crippen LogP contribution in [0.15, 0.2) is 6.20 Å². The van der Waals surface area contributed by atoms with E-state index in [2.05, 4.69) is 26.7 Å². The van der Waals surface area contributed by atoms with Crippen molar-refractivity contribution in [2.45, 2.75) is 32.9 Å². The first-order valence-electron chi connectivity index (χ1n) is 8.96. The fourth-order valence-corrected chi connectivity index (χ4v) is 4.39. The van der Waals surface area contributed by atoms with Crippen LogP contribution in [0, 0.1) is 5.92 Å². The summed E-state index contributed by atoms with van der Waals surface area (Å²) in [5.41, 5.74) is 1.05. The van der Waals surface area contributed by atoms with Gasteiger partial charge in [-0.2, -0.15) is 11.8 Å². The molecular formula is C16H28N6OS. The summed E-state index contributed by atoms with van der Waals surface area (Å²) in [4.78, 5) is 16.4. The molecule has 3 rings (SSSR count). The number of amides is 2. The lowest BCUT2D eigenvalue weighted by Crippen LogP contribution is -2.46. The Bertz CT molecular complexity index is 530. The quantitative estimate of drug-likeness (QED) is 0.864. The van der Waals surface area contributed by atoms with Crippen LogP contribution in [0.5, 0.6) is 0 Å². The summed E-state index contributed by atoms with van der Waals surface area (Å²) in [5, 5.41) is 11.5. The fourth-order valence-electron chi connectivity index (χ4n) is 3.41. The molecule has 0 aliphatic carbocycles. The maximum Gasteiger partial charge on any atom is 0.317 e. The van der Waals surface area contributed by atoms with Crippen molar-refractivity contribution in [1.82, 2.24) is 30.1 Å². The van der Waals surface area contributed by atoms with Crippen LogP contribution < -0.4 is 5.32 Å². The van der Waals surface area contributed by atoms with Gasteiger partial charge in [-0.25, -0.2) is 4.79 Å². The van der Waals surface area contributed by atoms with E-state index in [4.69, 9.17) is 0 Å². The lowest BCUT2D eigenvalue weighted by Gasteiger charge is -2.32. The van der Waals surface area contributed by atoms with Crippen LogP contribution in [0.1, 0.15) is 25.5 Å². The molecule has 0 unspecified atom stereocenters. The smallest absolute Gasteiger partial charge is 0.317 e. The number of carbonyl (C=O) groups excluding carboxylic acids is 1. The third-order valence-corrected chi connectivity index (χ3v) is 5.60. The first kappa shape index (κ1) is 17.5. The van der Waals surface area contributed by atoms with E-state index in [0.717, 1.165) is 57.8 Å². The average molecular weight is 353 g/mol. The molecule has 1 aromatic rings. The van der Waals surface area contributed by atoms with Crippen LogP contribution in [-0.4, -0.2) is 75.1 Å². The van der Waals surface area contributed by atoms with Gasteiger partial charge < -0.3 is 10.2 Å². The first-order valence-corrected chi connectivity index (χ1v) is 10.1. The zero-order valence-electron chi connectivity index (χ0n) is 14.5. The molecule has 1 aromatic heterocycles. The van der Waals surface area contributed by atoms with Crippen LogP contribution in [0.3, 0.4) is 0 Å². The van der Waals surface area contributed by atoms with Crippen LogP contribution >= 0.6 is 11.8 Å². The number of likely N-dealkylation sites (tertiary alicyclic amines) is 1. The summed E-state index contributed by atoms with van der Waals surface area (Å²) in [7, 11) is 0. The van der Waals surface area contributed by atoms with Gasteiger partial charge in [0.2, 0.25) is 0 Å². The number of carbonyl (C=O) groups is 1. The van der Waals surface area contributed by atoms with Gasteiger partial charge >= 0.3 is 6.03 Å². The summed E-state index contributed by atoms with van der Waals surface area (Å²) in [6, 6.07) is 0.0597. The molecule has 0 aromatic carbocycles. The second-order valence-corrected chi connectivity index (χ2v) is 7.83. The van der Waals surface area contributed by atoms with Gasteiger partial charge in [0, 0.05) is 63.5 Å². The number of urea groups is 1. The van der Waals surface area contributed by atoms with Gasteiger partial charge in [-0.15, -0.1) is 5.10 Å². The average Bonchev–Trinajstić information content (AvgIpc) is 3.03. The Hall–Kier alpha value is -1.28. The van der Waals surface area contributed by atoms with Crippen molar-refractivity contribution in [3.63, 3.8) is 0 Å². The Balaban J connectivity index is 1.49. The second-order valence-electron chi connectivity index (χ2n) is 6.61. The van der Waals surface area contributed by atoms with Crippen molar-refractivity contribution in [1.29, 1.82) is 0 Å². The molecule has 0 radical (unpaired) electrons. The van der Waals surface area contributed by atoms with Gasteiger partial charge in [-0.1, -0.05) is 5.21 Å². The number of rotatable bonds is 5. The molecule has 0 saturated carbocycles. The lowest BCUT2D eigenvalue weighted by molar-refractivity contribution is 0.158. The zero-order valence-corrected chi connectivity index (χ0v) is 15.3. The van der Waals surface area contributed by atoms with Gasteiger partial charge in [0.25, 0.3) is 0 Å². The predicted molar refractivity (Wildman–Crippen MR) is 96.0 cm³/mol. The topological polar surface area (TPSA) is 66.3 Å². The SMILES string of the molecule is CCNC(=O)N1CCC[C@H](Cn2cc(CN3CCSCC3)nn2)C1. The van der Waals surface area contributed by atoms with Crippen LogP contribution in [-0.2, 0) is 13.1 Å². The van der Waals surface area contributed by atoms with Crippen LogP contribution in [0.2, 0.25) is 0 Å². The van der Waals surface area contributed by atoms with Gasteiger partial charge in [0.1, 0.15) is 0 Å². The Labute approximate surface area is 148 Å².